The Balaban J connectivity index is 1.26. The van der Waals surface area contributed by atoms with Crippen LogP contribution in [0, 0.1) is 0 Å². The van der Waals surface area contributed by atoms with Crippen LogP contribution in [0.1, 0.15) is 27.7 Å². The molecule has 3 aliphatic rings. The monoisotopic (exact) mass is 415 g/mol. The highest BCUT2D eigenvalue weighted by Gasteiger charge is 2.51. The number of esters is 1. The number of rotatable bonds is 5. The molecule has 164 valence electrons. The van der Waals surface area contributed by atoms with Crippen LogP contribution in [-0.2, 0) is 18.8 Å². The van der Waals surface area contributed by atoms with Crippen molar-refractivity contribution in [3.05, 3.63) is 24.3 Å². The summed E-state index contributed by atoms with van der Waals surface area (Å²) in [6.07, 6.45) is 0. The molecule has 0 aliphatic carbocycles. The molecule has 0 aromatic heterocycles. The molecule has 3 fully saturated rings. The van der Waals surface area contributed by atoms with Gasteiger partial charge in [-0.25, -0.2) is 0 Å². The van der Waals surface area contributed by atoms with Gasteiger partial charge in [0.2, 0.25) is 0 Å². The summed E-state index contributed by atoms with van der Waals surface area (Å²) in [7, 11) is 1.13. The molecule has 0 spiro atoms. The minimum Gasteiger partial charge on any atom is -0.468 e. The van der Waals surface area contributed by atoms with Gasteiger partial charge >= 0.3 is 13.1 Å². The number of hydrogen-bond acceptors (Lipinski definition) is 7. The molecule has 8 heteroatoms. The van der Waals surface area contributed by atoms with Gasteiger partial charge in [-0.2, -0.15) is 0 Å². The summed E-state index contributed by atoms with van der Waals surface area (Å²) < 4.78 is 17.1. The van der Waals surface area contributed by atoms with Crippen molar-refractivity contribution < 1.29 is 18.8 Å². The number of carbonyl (C=O) groups excluding carboxylic acids is 1. The number of piperazine rings is 1. The first-order chi connectivity index (χ1) is 14.2. The summed E-state index contributed by atoms with van der Waals surface area (Å²) in [6.45, 7) is 14.8. The average Bonchev–Trinajstić information content (AvgIpc) is 2.92. The highest BCUT2D eigenvalue weighted by Crippen LogP contribution is 2.36. The van der Waals surface area contributed by atoms with Crippen molar-refractivity contribution in [2.75, 3.05) is 57.8 Å². The van der Waals surface area contributed by atoms with Gasteiger partial charge in [0.15, 0.2) is 0 Å². The fourth-order valence-electron chi connectivity index (χ4n) is 4.32. The maximum absolute atomic E-state index is 11.4. The van der Waals surface area contributed by atoms with E-state index in [2.05, 4.69) is 66.7 Å². The maximum Gasteiger partial charge on any atom is 0.494 e. The molecule has 1 aromatic rings. The maximum atomic E-state index is 11.4. The number of anilines is 1. The number of methoxy groups -OCH3 is 1. The highest BCUT2D eigenvalue weighted by molar-refractivity contribution is 6.62. The normalized spacial score (nSPS) is 24.7. The van der Waals surface area contributed by atoms with E-state index in [4.69, 9.17) is 14.0 Å². The number of likely N-dealkylation sites (tertiary alicyclic amines) is 1. The van der Waals surface area contributed by atoms with Crippen LogP contribution in [0.15, 0.2) is 24.3 Å². The number of nitrogens with zero attached hydrogens (tertiary/aromatic N) is 3. The van der Waals surface area contributed by atoms with Crippen LogP contribution < -0.4 is 10.4 Å². The molecule has 3 heterocycles. The topological polar surface area (TPSA) is 54.5 Å². The van der Waals surface area contributed by atoms with Gasteiger partial charge in [0.1, 0.15) is 0 Å². The minimum atomic E-state index is -0.319. The van der Waals surface area contributed by atoms with Crippen molar-refractivity contribution in [3.63, 3.8) is 0 Å². The second kappa shape index (κ2) is 8.15. The number of hydrogen-bond donors (Lipinski definition) is 0. The predicted molar refractivity (Wildman–Crippen MR) is 118 cm³/mol. The fraction of sp³-hybridized carbons (Fsp3) is 0.682. The lowest BCUT2D eigenvalue weighted by Gasteiger charge is -2.48. The third-order valence-electron chi connectivity index (χ3n) is 7.13. The number of ether oxygens (including phenoxy) is 1. The zero-order valence-electron chi connectivity index (χ0n) is 18.9. The van der Waals surface area contributed by atoms with E-state index in [1.165, 1.54) is 12.8 Å². The zero-order chi connectivity index (χ0) is 21.5. The Bertz CT molecular complexity index is 740. The predicted octanol–water partition coefficient (Wildman–Crippen LogP) is 0.965. The van der Waals surface area contributed by atoms with Crippen LogP contribution in [0.25, 0.3) is 0 Å². The lowest BCUT2D eigenvalue weighted by Crippen LogP contribution is -2.63. The van der Waals surface area contributed by atoms with Crippen LogP contribution in [0.2, 0.25) is 0 Å². The molecule has 0 atom stereocenters. The first kappa shape index (κ1) is 21.6. The largest absolute Gasteiger partial charge is 0.494 e. The second-order valence-electron chi connectivity index (χ2n) is 9.63. The SMILES string of the molecule is COC(=O)CN1CC(N2CCN(c3ccc(B4OC(C)(C)C(C)(C)O4)cc3)CC2)C1. The zero-order valence-corrected chi connectivity index (χ0v) is 18.9. The van der Waals surface area contributed by atoms with E-state index in [0.717, 1.165) is 44.7 Å². The Morgan fingerprint density at radius 1 is 1.03 bits per heavy atom. The van der Waals surface area contributed by atoms with E-state index >= 15 is 0 Å². The van der Waals surface area contributed by atoms with Crippen LogP contribution in [0.3, 0.4) is 0 Å². The quantitative estimate of drug-likeness (QED) is 0.525. The van der Waals surface area contributed by atoms with E-state index in [9.17, 15) is 4.79 Å². The Labute approximate surface area is 180 Å². The van der Waals surface area contributed by atoms with Gasteiger partial charge in [0.25, 0.3) is 0 Å². The lowest BCUT2D eigenvalue weighted by atomic mass is 9.79. The standard InChI is InChI=1S/C22H34BN3O4/c1-21(2)22(3,4)30-23(29-21)17-6-8-18(9-7-17)25-10-12-26(13-11-25)19-14-24(15-19)16-20(27)28-5/h6-9,19H,10-16H2,1-5H3. The molecular formula is C22H34BN3O4. The molecule has 3 saturated heterocycles. The van der Waals surface area contributed by atoms with Crippen LogP contribution in [0.4, 0.5) is 5.69 Å². The van der Waals surface area contributed by atoms with Crippen molar-refractivity contribution in [2.45, 2.75) is 44.9 Å². The average molecular weight is 415 g/mol. The smallest absolute Gasteiger partial charge is 0.468 e. The van der Waals surface area contributed by atoms with Crippen LogP contribution in [-0.4, -0.2) is 93.1 Å². The van der Waals surface area contributed by atoms with E-state index in [-0.39, 0.29) is 24.3 Å². The Kier molecular flexibility index (Phi) is 5.87. The van der Waals surface area contributed by atoms with Gasteiger partial charge in [-0.15, -0.1) is 0 Å². The molecule has 4 rings (SSSR count). The number of carbonyl (C=O) groups is 1. The van der Waals surface area contributed by atoms with Crippen LogP contribution in [0.5, 0.6) is 0 Å². The molecule has 0 saturated carbocycles. The van der Waals surface area contributed by atoms with Crippen molar-refractivity contribution in [2.24, 2.45) is 0 Å². The highest BCUT2D eigenvalue weighted by atomic mass is 16.7. The van der Waals surface area contributed by atoms with E-state index in [1.807, 2.05) is 0 Å². The summed E-state index contributed by atoms with van der Waals surface area (Å²) in [4.78, 5) is 18.5. The molecule has 0 N–H and O–H groups in total. The first-order valence-corrected chi connectivity index (χ1v) is 10.9. The Morgan fingerprint density at radius 3 is 2.13 bits per heavy atom. The Hall–Kier alpha value is -1.61. The summed E-state index contributed by atoms with van der Waals surface area (Å²) >= 11 is 0. The molecule has 0 unspecified atom stereocenters. The Morgan fingerprint density at radius 2 is 1.60 bits per heavy atom. The molecule has 7 nitrogen and oxygen atoms in total. The van der Waals surface area contributed by atoms with Gasteiger partial charge in [0.05, 0.1) is 24.9 Å². The van der Waals surface area contributed by atoms with Gasteiger partial charge in [0, 0.05) is 51.0 Å². The minimum absolute atomic E-state index is 0.151. The third kappa shape index (κ3) is 4.24. The third-order valence-corrected chi connectivity index (χ3v) is 7.13. The summed E-state index contributed by atoms with van der Waals surface area (Å²) in [5.41, 5.74) is 1.67. The summed E-state index contributed by atoms with van der Waals surface area (Å²) in [6, 6.07) is 9.16. The lowest BCUT2D eigenvalue weighted by molar-refractivity contribution is -0.144. The second-order valence-corrected chi connectivity index (χ2v) is 9.63. The molecule has 0 bridgehead atoms. The van der Waals surface area contributed by atoms with Crippen molar-refractivity contribution >= 4 is 24.2 Å². The molecule has 1 aromatic carbocycles. The van der Waals surface area contributed by atoms with Gasteiger partial charge in [-0.3, -0.25) is 14.6 Å². The number of benzene rings is 1. The van der Waals surface area contributed by atoms with Gasteiger partial charge in [-0.05, 0) is 45.3 Å². The van der Waals surface area contributed by atoms with Gasteiger partial charge < -0.3 is 18.9 Å². The van der Waals surface area contributed by atoms with Crippen molar-refractivity contribution in [1.82, 2.24) is 9.80 Å². The molecule has 0 radical (unpaired) electrons. The molecule has 3 aliphatic heterocycles. The van der Waals surface area contributed by atoms with Crippen molar-refractivity contribution in [1.29, 1.82) is 0 Å². The summed E-state index contributed by atoms with van der Waals surface area (Å²) in [5, 5.41) is 0. The molecule has 30 heavy (non-hydrogen) atoms. The first-order valence-electron chi connectivity index (χ1n) is 10.9. The van der Waals surface area contributed by atoms with E-state index in [1.54, 1.807) is 0 Å². The summed E-state index contributed by atoms with van der Waals surface area (Å²) in [5.74, 6) is -0.151. The van der Waals surface area contributed by atoms with E-state index in [0.29, 0.717) is 12.6 Å². The van der Waals surface area contributed by atoms with E-state index < -0.39 is 0 Å². The van der Waals surface area contributed by atoms with Crippen LogP contribution >= 0.6 is 0 Å². The molecular weight excluding hydrogens is 381 g/mol. The van der Waals surface area contributed by atoms with Crippen molar-refractivity contribution in [3.8, 4) is 0 Å². The van der Waals surface area contributed by atoms with Gasteiger partial charge in [-0.1, -0.05) is 12.1 Å². The fourth-order valence-corrected chi connectivity index (χ4v) is 4.32. The molecule has 0 amide bonds.